The molecule has 1 unspecified atom stereocenters. The molecule has 1 heterocycles. The summed E-state index contributed by atoms with van der Waals surface area (Å²) < 4.78 is 0. The maximum absolute atomic E-state index is 11.0. The quantitative estimate of drug-likeness (QED) is 0.691. The average Bonchev–Trinajstić information content (AvgIpc) is 2.16. The fourth-order valence-electron chi connectivity index (χ4n) is 1.51. The maximum atomic E-state index is 11.0. The van der Waals surface area contributed by atoms with E-state index in [1.807, 2.05) is 11.8 Å². The van der Waals surface area contributed by atoms with Crippen molar-refractivity contribution in [3.05, 3.63) is 0 Å². The molecule has 0 bridgehead atoms. The molecule has 76 valence electrons. The predicted molar refractivity (Wildman–Crippen MR) is 58.3 cm³/mol. The van der Waals surface area contributed by atoms with Gasteiger partial charge in [-0.25, -0.2) is 0 Å². The van der Waals surface area contributed by atoms with Crippen LogP contribution in [0.3, 0.4) is 0 Å². The van der Waals surface area contributed by atoms with Gasteiger partial charge >= 0.3 is 0 Å². The van der Waals surface area contributed by atoms with Gasteiger partial charge in [0, 0.05) is 31.2 Å². The first-order valence-electron chi connectivity index (χ1n) is 4.99. The Morgan fingerprint density at radius 3 is 2.62 bits per heavy atom. The SMILES string of the molecule is CSC(C)CCN1CCC(=O)CC1. The Balaban J connectivity index is 2.12. The topological polar surface area (TPSA) is 20.3 Å². The van der Waals surface area contributed by atoms with Crippen LogP contribution in [-0.2, 0) is 4.79 Å². The fraction of sp³-hybridized carbons (Fsp3) is 0.900. The van der Waals surface area contributed by atoms with E-state index in [2.05, 4.69) is 18.1 Å². The lowest BCUT2D eigenvalue weighted by molar-refractivity contribution is -0.121. The number of carbonyl (C=O) groups is 1. The molecule has 3 heteroatoms. The normalized spacial score (nSPS) is 21.8. The molecule has 0 saturated carbocycles. The number of nitrogens with zero attached hydrogens (tertiary/aromatic N) is 1. The smallest absolute Gasteiger partial charge is 0.135 e. The first-order valence-corrected chi connectivity index (χ1v) is 6.28. The predicted octanol–water partition coefficient (Wildman–Crippen LogP) is 1.79. The summed E-state index contributed by atoms with van der Waals surface area (Å²) in [5.41, 5.74) is 0. The summed E-state index contributed by atoms with van der Waals surface area (Å²) in [4.78, 5) is 13.4. The number of rotatable bonds is 4. The molecule has 0 N–H and O–H groups in total. The first-order chi connectivity index (χ1) is 6.22. The van der Waals surface area contributed by atoms with Crippen LogP contribution in [0.4, 0.5) is 0 Å². The Morgan fingerprint density at radius 1 is 1.46 bits per heavy atom. The van der Waals surface area contributed by atoms with E-state index in [4.69, 9.17) is 0 Å². The van der Waals surface area contributed by atoms with Crippen molar-refractivity contribution in [1.29, 1.82) is 0 Å². The standard InChI is InChI=1S/C10H19NOS/c1-9(13-2)3-6-11-7-4-10(12)5-8-11/h9H,3-8H2,1-2H3. The molecule has 13 heavy (non-hydrogen) atoms. The highest BCUT2D eigenvalue weighted by molar-refractivity contribution is 7.99. The minimum Gasteiger partial charge on any atom is -0.302 e. The number of hydrogen-bond acceptors (Lipinski definition) is 3. The van der Waals surface area contributed by atoms with Crippen molar-refractivity contribution in [3.8, 4) is 0 Å². The molecule has 1 atom stereocenters. The summed E-state index contributed by atoms with van der Waals surface area (Å²) in [6.45, 7) is 5.40. The average molecular weight is 201 g/mol. The van der Waals surface area contributed by atoms with Gasteiger partial charge in [-0.2, -0.15) is 11.8 Å². The van der Waals surface area contributed by atoms with Crippen LogP contribution < -0.4 is 0 Å². The molecule has 1 saturated heterocycles. The lowest BCUT2D eigenvalue weighted by atomic mass is 10.1. The van der Waals surface area contributed by atoms with Crippen molar-refractivity contribution in [2.75, 3.05) is 25.9 Å². The Labute approximate surface area is 85.1 Å². The summed E-state index contributed by atoms with van der Waals surface area (Å²) in [6.07, 6.45) is 4.95. The van der Waals surface area contributed by atoms with Gasteiger partial charge in [0.05, 0.1) is 0 Å². The number of carbonyl (C=O) groups excluding carboxylic acids is 1. The van der Waals surface area contributed by atoms with Crippen LogP contribution >= 0.6 is 11.8 Å². The summed E-state index contributed by atoms with van der Waals surface area (Å²) in [7, 11) is 0. The molecule has 1 aliphatic heterocycles. The molecule has 1 rings (SSSR count). The number of likely N-dealkylation sites (tertiary alicyclic amines) is 1. The molecule has 0 amide bonds. The monoisotopic (exact) mass is 201 g/mol. The molecule has 2 nitrogen and oxygen atoms in total. The maximum Gasteiger partial charge on any atom is 0.135 e. The molecular formula is C10H19NOS. The minimum absolute atomic E-state index is 0.439. The van der Waals surface area contributed by atoms with E-state index in [1.165, 1.54) is 6.42 Å². The molecule has 0 aliphatic carbocycles. The van der Waals surface area contributed by atoms with Gasteiger partial charge in [-0.05, 0) is 19.2 Å². The van der Waals surface area contributed by atoms with Crippen LogP contribution in [0.15, 0.2) is 0 Å². The van der Waals surface area contributed by atoms with Gasteiger partial charge in [0.25, 0.3) is 0 Å². The van der Waals surface area contributed by atoms with E-state index in [0.29, 0.717) is 5.78 Å². The summed E-state index contributed by atoms with van der Waals surface area (Å²) in [6, 6.07) is 0. The number of ketones is 1. The zero-order chi connectivity index (χ0) is 9.68. The molecule has 0 aromatic heterocycles. The minimum atomic E-state index is 0.439. The number of piperidine rings is 1. The van der Waals surface area contributed by atoms with E-state index in [9.17, 15) is 4.79 Å². The van der Waals surface area contributed by atoms with E-state index < -0.39 is 0 Å². The third kappa shape index (κ3) is 4.14. The van der Waals surface area contributed by atoms with E-state index in [1.54, 1.807) is 0 Å². The second kappa shape index (κ2) is 5.66. The number of Topliss-reactive ketones (excluding diaryl/α,β-unsaturated/α-hetero) is 1. The van der Waals surface area contributed by atoms with Gasteiger partial charge in [0.2, 0.25) is 0 Å². The van der Waals surface area contributed by atoms with Crippen LogP contribution in [0.25, 0.3) is 0 Å². The summed E-state index contributed by atoms with van der Waals surface area (Å²) >= 11 is 1.92. The zero-order valence-electron chi connectivity index (χ0n) is 8.58. The van der Waals surface area contributed by atoms with E-state index in [0.717, 1.165) is 37.7 Å². The first kappa shape index (κ1) is 11.1. The van der Waals surface area contributed by atoms with Crippen LogP contribution in [-0.4, -0.2) is 41.8 Å². The third-order valence-corrected chi connectivity index (χ3v) is 3.71. The fourth-order valence-corrected chi connectivity index (χ4v) is 1.85. The van der Waals surface area contributed by atoms with Crippen molar-refractivity contribution < 1.29 is 4.79 Å². The van der Waals surface area contributed by atoms with Gasteiger partial charge in [0.1, 0.15) is 5.78 Å². The highest BCUT2D eigenvalue weighted by atomic mass is 32.2. The molecule has 1 fully saturated rings. The molecule has 1 aliphatic rings. The van der Waals surface area contributed by atoms with Gasteiger partial charge < -0.3 is 4.90 Å². The van der Waals surface area contributed by atoms with E-state index in [-0.39, 0.29) is 0 Å². The second-order valence-corrected chi connectivity index (χ2v) is 4.99. The van der Waals surface area contributed by atoms with Crippen molar-refractivity contribution >= 4 is 17.5 Å². The van der Waals surface area contributed by atoms with Crippen LogP contribution in [0.1, 0.15) is 26.2 Å². The lowest BCUT2D eigenvalue weighted by Gasteiger charge is -2.26. The largest absolute Gasteiger partial charge is 0.302 e. The summed E-state index contributed by atoms with van der Waals surface area (Å²) in [5, 5.41) is 0.748. The Kier molecular flexibility index (Phi) is 4.81. The molecule has 0 aromatic rings. The number of hydrogen-bond donors (Lipinski definition) is 0. The van der Waals surface area contributed by atoms with Gasteiger partial charge in [-0.1, -0.05) is 6.92 Å². The summed E-state index contributed by atoms with van der Waals surface area (Å²) in [5.74, 6) is 0.439. The highest BCUT2D eigenvalue weighted by Gasteiger charge is 2.15. The Morgan fingerprint density at radius 2 is 2.08 bits per heavy atom. The lowest BCUT2D eigenvalue weighted by Crippen LogP contribution is -2.35. The second-order valence-electron chi connectivity index (χ2n) is 3.72. The van der Waals surface area contributed by atoms with Crippen molar-refractivity contribution in [3.63, 3.8) is 0 Å². The van der Waals surface area contributed by atoms with E-state index >= 15 is 0 Å². The van der Waals surface area contributed by atoms with Crippen molar-refractivity contribution in [1.82, 2.24) is 4.90 Å². The van der Waals surface area contributed by atoms with Crippen LogP contribution in [0.5, 0.6) is 0 Å². The van der Waals surface area contributed by atoms with Gasteiger partial charge in [-0.3, -0.25) is 4.79 Å². The zero-order valence-corrected chi connectivity index (χ0v) is 9.40. The molecule has 0 radical (unpaired) electrons. The molecule has 0 spiro atoms. The van der Waals surface area contributed by atoms with Crippen LogP contribution in [0.2, 0.25) is 0 Å². The van der Waals surface area contributed by atoms with Gasteiger partial charge in [0.15, 0.2) is 0 Å². The van der Waals surface area contributed by atoms with Crippen LogP contribution in [0, 0.1) is 0 Å². The highest BCUT2D eigenvalue weighted by Crippen LogP contribution is 2.12. The van der Waals surface area contributed by atoms with Crippen molar-refractivity contribution in [2.24, 2.45) is 0 Å². The number of thioether (sulfide) groups is 1. The third-order valence-electron chi connectivity index (χ3n) is 2.67. The van der Waals surface area contributed by atoms with Crippen molar-refractivity contribution in [2.45, 2.75) is 31.4 Å². The molecular weight excluding hydrogens is 182 g/mol. The Hall–Kier alpha value is -0.0200. The molecule has 0 aromatic carbocycles. The van der Waals surface area contributed by atoms with Gasteiger partial charge in [-0.15, -0.1) is 0 Å². The Bertz CT molecular complexity index is 162.